The predicted octanol–water partition coefficient (Wildman–Crippen LogP) is 3.13. The lowest BCUT2D eigenvalue weighted by Crippen LogP contribution is -2.30. The number of hydrogen-bond donors (Lipinski definition) is 2. The number of hydrogen-bond acceptors (Lipinski definition) is 4. The molecule has 1 aromatic heterocycles. The Labute approximate surface area is 155 Å². The fraction of sp³-hybridized carbons (Fsp3) is 0.474. The average molecular weight is 359 g/mol. The van der Waals surface area contributed by atoms with Crippen LogP contribution in [-0.4, -0.2) is 36.3 Å². The quantitative estimate of drug-likeness (QED) is 0.560. The molecule has 7 nitrogen and oxygen atoms in total. The summed E-state index contributed by atoms with van der Waals surface area (Å²) in [5.74, 6) is 3.56. The van der Waals surface area contributed by atoms with Crippen molar-refractivity contribution in [3.8, 4) is 11.5 Å². The van der Waals surface area contributed by atoms with Crippen LogP contribution in [0.2, 0.25) is 0 Å². The normalized spacial score (nSPS) is 11.5. The van der Waals surface area contributed by atoms with E-state index in [2.05, 4.69) is 39.0 Å². The summed E-state index contributed by atoms with van der Waals surface area (Å²) in [6.07, 6.45) is 3.82. The Balaban J connectivity index is 2.13. The van der Waals surface area contributed by atoms with Gasteiger partial charge in [0.1, 0.15) is 12.4 Å². The molecule has 0 radical (unpaired) electrons. The molecule has 0 bridgehead atoms. The Morgan fingerprint density at radius 2 is 2.00 bits per heavy atom. The molecule has 0 unspecified atom stereocenters. The molecular formula is C19H29N5O2. The number of anilines is 1. The highest BCUT2D eigenvalue weighted by molar-refractivity contribution is 5.93. The summed E-state index contributed by atoms with van der Waals surface area (Å²) < 4.78 is 12.8. The molecule has 2 rings (SSSR count). The lowest BCUT2D eigenvalue weighted by Gasteiger charge is -2.14. The summed E-state index contributed by atoms with van der Waals surface area (Å²) in [5, 5.41) is 6.54. The Bertz CT molecular complexity index is 724. The van der Waals surface area contributed by atoms with Gasteiger partial charge in [-0.2, -0.15) is 0 Å². The van der Waals surface area contributed by atoms with Gasteiger partial charge in [0.2, 0.25) is 0 Å². The fourth-order valence-electron chi connectivity index (χ4n) is 2.56. The van der Waals surface area contributed by atoms with Crippen molar-refractivity contribution in [1.29, 1.82) is 0 Å². The van der Waals surface area contributed by atoms with Gasteiger partial charge in [-0.05, 0) is 25.0 Å². The molecule has 0 saturated heterocycles. The molecule has 2 N–H and O–H groups in total. The van der Waals surface area contributed by atoms with Gasteiger partial charge in [0.25, 0.3) is 0 Å². The number of guanidine groups is 1. The first-order valence-electron chi connectivity index (χ1n) is 8.84. The van der Waals surface area contributed by atoms with E-state index in [4.69, 9.17) is 9.47 Å². The number of imidazole rings is 1. The van der Waals surface area contributed by atoms with Crippen molar-refractivity contribution in [2.45, 2.75) is 33.9 Å². The monoisotopic (exact) mass is 359 g/mol. The number of ether oxygens (including phenoxy) is 2. The minimum atomic E-state index is 0.502. The highest BCUT2D eigenvalue weighted by Crippen LogP contribution is 2.29. The molecule has 0 aliphatic rings. The van der Waals surface area contributed by atoms with E-state index in [1.807, 2.05) is 37.5 Å². The summed E-state index contributed by atoms with van der Waals surface area (Å²) >= 11 is 0. The molecule has 0 fully saturated rings. The lowest BCUT2D eigenvalue weighted by molar-refractivity contribution is 0.355. The van der Waals surface area contributed by atoms with Gasteiger partial charge >= 0.3 is 0 Å². The second-order valence-corrected chi connectivity index (χ2v) is 6.28. The first-order valence-corrected chi connectivity index (χ1v) is 8.84. The van der Waals surface area contributed by atoms with E-state index in [1.165, 1.54) is 0 Å². The molecule has 2 aromatic rings. The van der Waals surface area contributed by atoms with E-state index in [9.17, 15) is 0 Å². The summed E-state index contributed by atoms with van der Waals surface area (Å²) in [4.78, 5) is 9.08. The number of nitrogens with one attached hydrogen (secondary N) is 2. The lowest BCUT2D eigenvalue weighted by atomic mass is 10.2. The van der Waals surface area contributed by atoms with Crippen LogP contribution >= 0.6 is 0 Å². The van der Waals surface area contributed by atoms with Crippen molar-refractivity contribution in [3.05, 3.63) is 36.4 Å². The Hall–Kier alpha value is -2.70. The Kier molecular flexibility index (Phi) is 7.32. The van der Waals surface area contributed by atoms with Crippen molar-refractivity contribution < 1.29 is 9.47 Å². The zero-order valence-corrected chi connectivity index (χ0v) is 16.2. The van der Waals surface area contributed by atoms with Crippen molar-refractivity contribution in [3.63, 3.8) is 0 Å². The van der Waals surface area contributed by atoms with Crippen LogP contribution in [0.5, 0.6) is 11.5 Å². The van der Waals surface area contributed by atoms with Gasteiger partial charge in [0.05, 0.1) is 14.2 Å². The number of benzene rings is 1. The van der Waals surface area contributed by atoms with Crippen molar-refractivity contribution in [1.82, 2.24) is 14.9 Å². The Morgan fingerprint density at radius 3 is 2.65 bits per heavy atom. The summed E-state index contributed by atoms with van der Waals surface area (Å²) in [7, 11) is 3.24. The molecular weight excluding hydrogens is 330 g/mol. The van der Waals surface area contributed by atoms with Gasteiger partial charge in [0, 0.05) is 37.2 Å². The zero-order valence-electron chi connectivity index (χ0n) is 16.2. The number of nitrogens with zero attached hydrogens (tertiary/aromatic N) is 3. The smallest absolute Gasteiger partial charge is 0.196 e. The molecule has 26 heavy (non-hydrogen) atoms. The predicted molar refractivity (Wildman–Crippen MR) is 105 cm³/mol. The largest absolute Gasteiger partial charge is 0.493 e. The summed E-state index contributed by atoms with van der Waals surface area (Å²) in [6.45, 7) is 8.61. The fourth-order valence-corrected chi connectivity index (χ4v) is 2.56. The molecule has 0 amide bonds. The topological polar surface area (TPSA) is 72.7 Å². The van der Waals surface area contributed by atoms with Crippen LogP contribution in [0.3, 0.4) is 0 Å². The van der Waals surface area contributed by atoms with E-state index in [1.54, 1.807) is 14.2 Å². The van der Waals surface area contributed by atoms with Crippen LogP contribution in [0.1, 0.15) is 26.6 Å². The Morgan fingerprint density at radius 1 is 1.23 bits per heavy atom. The average Bonchev–Trinajstić information content (AvgIpc) is 3.06. The number of rotatable bonds is 8. The van der Waals surface area contributed by atoms with Crippen LogP contribution in [0.4, 0.5) is 5.69 Å². The van der Waals surface area contributed by atoms with Gasteiger partial charge in [-0.1, -0.05) is 13.8 Å². The first kappa shape index (κ1) is 19.6. The van der Waals surface area contributed by atoms with Crippen LogP contribution < -0.4 is 20.1 Å². The van der Waals surface area contributed by atoms with E-state index in [-0.39, 0.29) is 0 Å². The number of methoxy groups -OCH3 is 2. The third-order valence-corrected chi connectivity index (χ3v) is 3.73. The van der Waals surface area contributed by atoms with Gasteiger partial charge in [-0.15, -0.1) is 0 Å². The molecule has 0 aliphatic carbocycles. The number of aliphatic imine (C=N–C) groups is 1. The first-order chi connectivity index (χ1) is 12.6. The minimum Gasteiger partial charge on any atom is -0.493 e. The molecule has 1 heterocycles. The van der Waals surface area contributed by atoms with Gasteiger partial charge < -0.3 is 24.7 Å². The molecule has 7 heteroatoms. The molecule has 0 spiro atoms. The second kappa shape index (κ2) is 9.70. The highest BCUT2D eigenvalue weighted by atomic mass is 16.5. The molecule has 0 saturated carbocycles. The maximum atomic E-state index is 5.35. The SMILES string of the molecule is CCNC(=NCc1nccn1CC(C)C)Nc1ccc(OC)c(OC)c1. The maximum absolute atomic E-state index is 5.35. The van der Waals surface area contributed by atoms with Crippen molar-refractivity contribution >= 4 is 11.6 Å². The summed E-state index contributed by atoms with van der Waals surface area (Å²) in [6, 6.07) is 5.67. The molecule has 142 valence electrons. The van der Waals surface area contributed by atoms with E-state index in [0.717, 1.165) is 24.6 Å². The van der Waals surface area contributed by atoms with Crippen LogP contribution in [0.15, 0.2) is 35.6 Å². The minimum absolute atomic E-state index is 0.502. The summed E-state index contributed by atoms with van der Waals surface area (Å²) in [5.41, 5.74) is 0.868. The van der Waals surface area contributed by atoms with E-state index in [0.29, 0.717) is 29.9 Å². The third-order valence-electron chi connectivity index (χ3n) is 3.73. The van der Waals surface area contributed by atoms with Crippen LogP contribution in [0, 0.1) is 5.92 Å². The van der Waals surface area contributed by atoms with Crippen molar-refractivity contribution in [2.75, 3.05) is 26.1 Å². The second-order valence-electron chi connectivity index (χ2n) is 6.28. The van der Waals surface area contributed by atoms with E-state index < -0.39 is 0 Å². The van der Waals surface area contributed by atoms with E-state index >= 15 is 0 Å². The molecule has 0 aliphatic heterocycles. The third kappa shape index (κ3) is 5.40. The van der Waals surface area contributed by atoms with Gasteiger partial charge in [-0.3, -0.25) is 0 Å². The van der Waals surface area contributed by atoms with Crippen LogP contribution in [-0.2, 0) is 13.1 Å². The standard InChI is InChI=1S/C19H29N5O2/c1-6-20-19(22-12-18-21-9-10-24(18)13-14(2)3)23-15-7-8-16(25-4)17(11-15)26-5/h7-11,14H,6,12-13H2,1-5H3,(H2,20,22,23). The molecule has 0 atom stereocenters. The number of aromatic nitrogens is 2. The van der Waals surface area contributed by atoms with Crippen molar-refractivity contribution in [2.24, 2.45) is 10.9 Å². The highest BCUT2D eigenvalue weighted by Gasteiger charge is 2.08. The zero-order chi connectivity index (χ0) is 18.9. The van der Waals surface area contributed by atoms with Gasteiger partial charge in [0.15, 0.2) is 17.5 Å². The van der Waals surface area contributed by atoms with Gasteiger partial charge in [-0.25, -0.2) is 9.98 Å². The molecule has 1 aromatic carbocycles. The van der Waals surface area contributed by atoms with Crippen LogP contribution in [0.25, 0.3) is 0 Å². The maximum Gasteiger partial charge on any atom is 0.196 e.